The van der Waals surface area contributed by atoms with Gasteiger partial charge in [0, 0.05) is 13.1 Å². The molecule has 0 radical (unpaired) electrons. The van der Waals surface area contributed by atoms with Gasteiger partial charge in [0.25, 0.3) is 0 Å². The Bertz CT molecular complexity index is 477. The molecule has 0 spiro atoms. The molecular weight excluding hydrogens is 288 g/mol. The third kappa shape index (κ3) is 5.87. The normalized spacial score (nSPS) is 15.9. The predicted molar refractivity (Wildman–Crippen MR) is 93.7 cm³/mol. The average Bonchev–Trinajstić information content (AvgIpc) is 2.55. The number of hydrogen-bond donors (Lipinski definition) is 1. The van der Waals surface area contributed by atoms with Gasteiger partial charge in [-0.25, -0.2) is 0 Å². The summed E-state index contributed by atoms with van der Waals surface area (Å²) < 4.78 is 5.68. The Morgan fingerprint density at radius 1 is 1.26 bits per heavy atom. The van der Waals surface area contributed by atoms with E-state index in [0.29, 0.717) is 18.3 Å². The summed E-state index contributed by atoms with van der Waals surface area (Å²) in [6.45, 7) is 7.82. The van der Waals surface area contributed by atoms with E-state index in [1.807, 2.05) is 36.2 Å². The number of nitrogens with one attached hydrogen (secondary N) is 1. The van der Waals surface area contributed by atoms with E-state index in [9.17, 15) is 4.79 Å². The average molecular weight is 318 g/mol. The number of carbonyl (C=O) groups is 1. The molecule has 1 aromatic rings. The smallest absolute Gasteiger partial charge is 0.226 e. The van der Waals surface area contributed by atoms with E-state index in [1.165, 1.54) is 0 Å². The van der Waals surface area contributed by atoms with E-state index in [1.54, 1.807) is 0 Å². The molecule has 1 aliphatic rings. The van der Waals surface area contributed by atoms with Crippen molar-refractivity contribution in [3.8, 4) is 5.75 Å². The molecule has 1 N–H and O–H groups in total. The Kier molecular flexibility index (Phi) is 6.90. The van der Waals surface area contributed by atoms with Crippen molar-refractivity contribution in [1.82, 2.24) is 10.2 Å². The number of nitrogens with zero attached hydrogens (tertiary/aromatic N) is 1. The number of likely N-dealkylation sites (tertiary alicyclic amines) is 1. The highest BCUT2D eigenvalue weighted by molar-refractivity contribution is 5.78. The number of piperidine rings is 1. The van der Waals surface area contributed by atoms with Crippen LogP contribution in [0.3, 0.4) is 0 Å². The Hall–Kier alpha value is -1.55. The van der Waals surface area contributed by atoms with Crippen molar-refractivity contribution >= 4 is 5.91 Å². The van der Waals surface area contributed by atoms with Crippen LogP contribution in [0.5, 0.6) is 5.75 Å². The summed E-state index contributed by atoms with van der Waals surface area (Å²) in [4.78, 5) is 14.4. The van der Waals surface area contributed by atoms with E-state index in [-0.39, 0.29) is 5.91 Å². The lowest BCUT2D eigenvalue weighted by molar-refractivity contribution is -0.131. The zero-order valence-electron chi connectivity index (χ0n) is 14.7. The summed E-state index contributed by atoms with van der Waals surface area (Å²) in [6, 6.07) is 7.93. The second kappa shape index (κ2) is 8.92. The number of rotatable bonds is 7. The fourth-order valence-electron chi connectivity index (χ4n) is 2.93. The van der Waals surface area contributed by atoms with Gasteiger partial charge < -0.3 is 15.0 Å². The Morgan fingerprint density at radius 2 is 1.91 bits per heavy atom. The van der Waals surface area contributed by atoms with Crippen LogP contribution >= 0.6 is 0 Å². The van der Waals surface area contributed by atoms with E-state index < -0.39 is 0 Å². The summed E-state index contributed by atoms with van der Waals surface area (Å²) in [7, 11) is 1.99. The molecule has 1 fully saturated rings. The van der Waals surface area contributed by atoms with Gasteiger partial charge in [-0.1, -0.05) is 26.0 Å². The Morgan fingerprint density at radius 3 is 2.48 bits per heavy atom. The molecule has 1 heterocycles. The van der Waals surface area contributed by atoms with Crippen LogP contribution in [0.4, 0.5) is 0 Å². The predicted octanol–water partition coefficient (Wildman–Crippen LogP) is 2.72. The fraction of sp³-hybridized carbons (Fsp3) is 0.632. The molecule has 1 saturated heterocycles. The molecular formula is C19H30N2O2. The van der Waals surface area contributed by atoms with Crippen LogP contribution in [-0.4, -0.2) is 44.1 Å². The minimum atomic E-state index is 0.240. The number of benzene rings is 1. The van der Waals surface area contributed by atoms with Crippen LogP contribution in [0.2, 0.25) is 0 Å². The zero-order valence-corrected chi connectivity index (χ0v) is 14.7. The summed E-state index contributed by atoms with van der Waals surface area (Å²) in [5.41, 5.74) is 1.06. The molecule has 1 aromatic carbocycles. The molecule has 2 rings (SSSR count). The standard InChI is InChI=1S/C19H30N2O2/c1-15(2)14-23-18-6-4-16(5-7-18)12-19(22)21-10-8-17(9-11-21)13-20-3/h4-7,15,17,20H,8-14H2,1-3H3. The first-order valence-corrected chi connectivity index (χ1v) is 8.72. The van der Waals surface area contributed by atoms with Crippen LogP contribution in [0.1, 0.15) is 32.3 Å². The first-order valence-electron chi connectivity index (χ1n) is 8.72. The second-order valence-corrected chi connectivity index (χ2v) is 6.91. The number of carbonyl (C=O) groups excluding carboxylic acids is 1. The molecule has 4 nitrogen and oxygen atoms in total. The Labute approximate surface area is 140 Å². The lowest BCUT2D eigenvalue weighted by Crippen LogP contribution is -2.41. The maximum absolute atomic E-state index is 12.4. The van der Waals surface area contributed by atoms with Crippen molar-refractivity contribution in [1.29, 1.82) is 0 Å². The van der Waals surface area contributed by atoms with Gasteiger partial charge in [0.1, 0.15) is 5.75 Å². The molecule has 4 heteroatoms. The van der Waals surface area contributed by atoms with Crippen molar-refractivity contribution in [2.45, 2.75) is 33.1 Å². The highest BCUT2D eigenvalue weighted by Gasteiger charge is 2.22. The highest BCUT2D eigenvalue weighted by Crippen LogP contribution is 2.18. The molecule has 1 aliphatic heterocycles. The monoisotopic (exact) mass is 318 g/mol. The first-order chi connectivity index (χ1) is 11.1. The lowest BCUT2D eigenvalue weighted by atomic mass is 9.96. The molecule has 0 unspecified atom stereocenters. The number of ether oxygens (including phenoxy) is 1. The van der Waals surface area contributed by atoms with Gasteiger partial charge in [-0.2, -0.15) is 0 Å². The molecule has 23 heavy (non-hydrogen) atoms. The highest BCUT2D eigenvalue weighted by atomic mass is 16.5. The van der Waals surface area contributed by atoms with Crippen molar-refractivity contribution in [3.63, 3.8) is 0 Å². The van der Waals surface area contributed by atoms with Gasteiger partial charge in [-0.05, 0) is 56.0 Å². The van der Waals surface area contributed by atoms with Gasteiger partial charge in [0.15, 0.2) is 0 Å². The SMILES string of the molecule is CNCC1CCN(C(=O)Cc2ccc(OCC(C)C)cc2)CC1. The summed E-state index contributed by atoms with van der Waals surface area (Å²) in [5, 5.41) is 3.23. The third-order valence-electron chi connectivity index (χ3n) is 4.32. The molecule has 1 amide bonds. The summed E-state index contributed by atoms with van der Waals surface area (Å²) in [5.74, 6) is 2.34. The molecule has 0 bridgehead atoms. The second-order valence-electron chi connectivity index (χ2n) is 6.91. The van der Waals surface area contributed by atoms with E-state index >= 15 is 0 Å². The van der Waals surface area contributed by atoms with Crippen LogP contribution in [0.25, 0.3) is 0 Å². The first kappa shape index (κ1) is 17.8. The van der Waals surface area contributed by atoms with Crippen molar-refractivity contribution < 1.29 is 9.53 Å². The van der Waals surface area contributed by atoms with Crippen LogP contribution < -0.4 is 10.1 Å². The summed E-state index contributed by atoms with van der Waals surface area (Å²) >= 11 is 0. The van der Waals surface area contributed by atoms with E-state index in [4.69, 9.17) is 4.74 Å². The van der Waals surface area contributed by atoms with Gasteiger partial charge in [-0.3, -0.25) is 4.79 Å². The fourth-order valence-corrected chi connectivity index (χ4v) is 2.93. The lowest BCUT2D eigenvalue weighted by Gasteiger charge is -2.32. The largest absolute Gasteiger partial charge is 0.493 e. The third-order valence-corrected chi connectivity index (χ3v) is 4.32. The van der Waals surface area contributed by atoms with Crippen molar-refractivity contribution in [2.24, 2.45) is 11.8 Å². The van der Waals surface area contributed by atoms with Crippen LogP contribution in [0, 0.1) is 11.8 Å². The van der Waals surface area contributed by atoms with Gasteiger partial charge in [0.2, 0.25) is 5.91 Å². The minimum Gasteiger partial charge on any atom is -0.493 e. The number of amides is 1. The van der Waals surface area contributed by atoms with Gasteiger partial charge >= 0.3 is 0 Å². The minimum absolute atomic E-state index is 0.240. The molecule has 0 saturated carbocycles. The van der Waals surface area contributed by atoms with Crippen LogP contribution in [-0.2, 0) is 11.2 Å². The van der Waals surface area contributed by atoms with Gasteiger partial charge in [-0.15, -0.1) is 0 Å². The van der Waals surface area contributed by atoms with E-state index in [0.717, 1.165) is 50.4 Å². The summed E-state index contributed by atoms with van der Waals surface area (Å²) in [6.07, 6.45) is 2.70. The zero-order chi connectivity index (χ0) is 16.7. The van der Waals surface area contributed by atoms with Crippen molar-refractivity contribution in [2.75, 3.05) is 33.3 Å². The van der Waals surface area contributed by atoms with Crippen LogP contribution in [0.15, 0.2) is 24.3 Å². The molecule has 128 valence electrons. The topological polar surface area (TPSA) is 41.6 Å². The quantitative estimate of drug-likeness (QED) is 0.840. The number of hydrogen-bond acceptors (Lipinski definition) is 3. The van der Waals surface area contributed by atoms with E-state index in [2.05, 4.69) is 19.2 Å². The Balaban J connectivity index is 1.79. The molecule has 0 atom stereocenters. The maximum atomic E-state index is 12.4. The molecule has 0 aromatic heterocycles. The van der Waals surface area contributed by atoms with Crippen molar-refractivity contribution in [3.05, 3.63) is 29.8 Å². The van der Waals surface area contributed by atoms with Gasteiger partial charge in [0.05, 0.1) is 13.0 Å². The maximum Gasteiger partial charge on any atom is 0.226 e. The molecule has 0 aliphatic carbocycles.